The molecule has 0 saturated carbocycles. The smallest absolute Gasteiger partial charge is 0.243 e. The van der Waals surface area contributed by atoms with Crippen molar-refractivity contribution in [2.75, 3.05) is 26.0 Å². The minimum atomic E-state index is -3.74. The second-order valence-electron chi connectivity index (χ2n) is 5.76. The van der Waals surface area contributed by atoms with Crippen molar-refractivity contribution in [1.29, 1.82) is 0 Å². The summed E-state index contributed by atoms with van der Waals surface area (Å²) in [5.41, 5.74) is 0.836. The molecule has 28 heavy (non-hydrogen) atoms. The minimum Gasteiger partial charge on any atom is -0.497 e. The van der Waals surface area contributed by atoms with Gasteiger partial charge in [0.1, 0.15) is 10.8 Å². The van der Waals surface area contributed by atoms with Gasteiger partial charge in [-0.25, -0.2) is 8.42 Å². The molecule has 3 rings (SSSR count). The van der Waals surface area contributed by atoms with Crippen LogP contribution in [0.5, 0.6) is 5.75 Å². The number of anilines is 1. The van der Waals surface area contributed by atoms with Gasteiger partial charge in [-0.1, -0.05) is 29.5 Å². The van der Waals surface area contributed by atoms with Gasteiger partial charge in [-0.3, -0.25) is 10.1 Å². The number of carbonyl (C=O) groups excluding carboxylic acids is 1. The lowest BCUT2D eigenvalue weighted by Gasteiger charge is -2.16. The molecule has 1 heterocycles. The van der Waals surface area contributed by atoms with Crippen LogP contribution in [0.25, 0.3) is 10.6 Å². The molecule has 0 aliphatic heterocycles. The number of rotatable bonds is 7. The van der Waals surface area contributed by atoms with Gasteiger partial charge in [0.25, 0.3) is 0 Å². The van der Waals surface area contributed by atoms with Crippen molar-refractivity contribution in [2.45, 2.75) is 4.90 Å². The topological polar surface area (TPSA) is 101 Å². The van der Waals surface area contributed by atoms with Crippen molar-refractivity contribution in [1.82, 2.24) is 14.5 Å². The maximum absolute atomic E-state index is 12.5. The Bertz CT molecular complexity index is 1050. The predicted molar refractivity (Wildman–Crippen MR) is 107 cm³/mol. The van der Waals surface area contributed by atoms with Crippen LogP contribution in [0.2, 0.25) is 0 Å². The molecule has 2 aromatic carbocycles. The monoisotopic (exact) mass is 418 g/mol. The van der Waals surface area contributed by atoms with Crippen LogP contribution in [-0.2, 0) is 14.8 Å². The van der Waals surface area contributed by atoms with E-state index in [4.69, 9.17) is 4.74 Å². The number of hydrogen-bond acceptors (Lipinski definition) is 7. The normalized spacial score (nSPS) is 11.4. The largest absolute Gasteiger partial charge is 0.497 e. The molecule has 10 heteroatoms. The number of hydrogen-bond donors (Lipinski definition) is 1. The number of carbonyl (C=O) groups is 1. The third-order valence-electron chi connectivity index (χ3n) is 3.83. The van der Waals surface area contributed by atoms with Gasteiger partial charge in [-0.05, 0) is 36.4 Å². The SMILES string of the molecule is COc1ccc(-c2nnc(NC(=O)CN(C)S(=O)(=O)c3ccccc3)s2)cc1. The Labute approximate surface area is 166 Å². The summed E-state index contributed by atoms with van der Waals surface area (Å²) in [5.74, 6) is 0.226. The van der Waals surface area contributed by atoms with E-state index in [0.717, 1.165) is 15.6 Å². The quantitative estimate of drug-likeness (QED) is 0.632. The van der Waals surface area contributed by atoms with E-state index in [1.54, 1.807) is 37.4 Å². The van der Waals surface area contributed by atoms with Gasteiger partial charge in [0, 0.05) is 12.6 Å². The van der Waals surface area contributed by atoms with Gasteiger partial charge >= 0.3 is 0 Å². The fourth-order valence-corrected chi connectivity index (χ4v) is 4.26. The predicted octanol–water partition coefficient (Wildman–Crippen LogP) is 2.47. The molecule has 8 nitrogen and oxygen atoms in total. The Balaban J connectivity index is 1.64. The van der Waals surface area contributed by atoms with Gasteiger partial charge in [-0.2, -0.15) is 4.31 Å². The zero-order chi connectivity index (χ0) is 20.1. The van der Waals surface area contributed by atoms with Crippen molar-refractivity contribution < 1.29 is 17.9 Å². The summed E-state index contributed by atoms with van der Waals surface area (Å²) in [6, 6.07) is 15.2. The fraction of sp³-hybridized carbons (Fsp3) is 0.167. The number of nitrogens with one attached hydrogen (secondary N) is 1. The number of ether oxygens (including phenoxy) is 1. The van der Waals surface area contributed by atoms with Crippen molar-refractivity contribution in [2.24, 2.45) is 0 Å². The molecule has 1 aromatic heterocycles. The highest BCUT2D eigenvalue weighted by molar-refractivity contribution is 7.89. The number of benzene rings is 2. The summed E-state index contributed by atoms with van der Waals surface area (Å²) in [6.45, 7) is -0.339. The summed E-state index contributed by atoms with van der Waals surface area (Å²) in [4.78, 5) is 12.4. The first-order chi connectivity index (χ1) is 13.4. The molecule has 0 saturated heterocycles. The van der Waals surface area contributed by atoms with Crippen LogP contribution in [0, 0.1) is 0 Å². The highest BCUT2D eigenvalue weighted by atomic mass is 32.2. The highest BCUT2D eigenvalue weighted by Gasteiger charge is 2.23. The van der Waals surface area contributed by atoms with Crippen molar-refractivity contribution in [3.05, 3.63) is 54.6 Å². The van der Waals surface area contributed by atoms with Gasteiger partial charge in [0.05, 0.1) is 18.6 Å². The summed E-state index contributed by atoms with van der Waals surface area (Å²) < 4.78 is 31.0. The van der Waals surface area contributed by atoms with Crippen LogP contribution in [0.4, 0.5) is 5.13 Å². The molecular formula is C18H18N4O4S2. The molecule has 0 unspecified atom stereocenters. The average molecular weight is 419 g/mol. The van der Waals surface area contributed by atoms with Gasteiger partial charge < -0.3 is 4.74 Å². The van der Waals surface area contributed by atoms with Crippen LogP contribution in [0.15, 0.2) is 59.5 Å². The van der Waals surface area contributed by atoms with E-state index < -0.39 is 15.9 Å². The van der Waals surface area contributed by atoms with E-state index in [-0.39, 0.29) is 11.4 Å². The maximum Gasteiger partial charge on any atom is 0.243 e. The second-order valence-corrected chi connectivity index (χ2v) is 8.79. The first-order valence-electron chi connectivity index (χ1n) is 8.19. The van der Waals surface area contributed by atoms with Crippen LogP contribution in [0.1, 0.15) is 0 Å². The van der Waals surface area contributed by atoms with E-state index >= 15 is 0 Å². The third kappa shape index (κ3) is 4.53. The molecule has 146 valence electrons. The standard InChI is InChI=1S/C18H18N4O4S2/c1-22(28(24,25)15-6-4-3-5-7-15)12-16(23)19-18-21-20-17(27-18)13-8-10-14(26-2)11-9-13/h3-11H,12H2,1-2H3,(H,19,21,23). The molecule has 0 radical (unpaired) electrons. The Hall–Kier alpha value is -2.82. The van der Waals surface area contributed by atoms with E-state index in [0.29, 0.717) is 10.1 Å². The lowest BCUT2D eigenvalue weighted by Crippen LogP contribution is -2.34. The number of methoxy groups -OCH3 is 1. The first kappa shape index (κ1) is 19.9. The Morgan fingerprint density at radius 3 is 2.43 bits per heavy atom. The molecule has 0 fully saturated rings. The van der Waals surface area contributed by atoms with Crippen molar-refractivity contribution in [3.8, 4) is 16.3 Å². The molecule has 0 atom stereocenters. The van der Waals surface area contributed by atoms with Crippen molar-refractivity contribution in [3.63, 3.8) is 0 Å². The van der Waals surface area contributed by atoms with E-state index in [9.17, 15) is 13.2 Å². The van der Waals surface area contributed by atoms with E-state index in [2.05, 4.69) is 15.5 Å². The number of nitrogens with zero attached hydrogens (tertiary/aromatic N) is 3. The second kappa shape index (κ2) is 8.46. The van der Waals surface area contributed by atoms with Crippen molar-refractivity contribution >= 4 is 32.4 Å². The Morgan fingerprint density at radius 1 is 1.11 bits per heavy atom. The third-order valence-corrected chi connectivity index (χ3v) is 6.53. The van der Waals surface area contributed by atoms with Crippen LogP contribution in [0.3, 0.4) is 0 Å². The van der Waals surface area contributed by atoms with Gasteiger partial charge in [0.2, 0.25) is 21.1 Å². The van der Waals surface area contributed by atoms with Crippen LogP contribution in [-0.4, -0.2) is 49.5 Å². The molecule has 3 aromatic rings. The fourth-order valence-electron chi connectivity index (χ4n) is 2.34. The van der Waals surface area contributed by atoms with Gasteiger partial charge in [-0.15, -0.1) is 10.2 Å². The summed E-state index contributed by atoms with van der Waals surface area (Å²) in [5, 5.41) is 11.5. The highest BCUT2D eigenvalue weighted by Crippen LogP contribution is 2.27. The first-order valence-corrected chi connectivity index (χ1v) is 10.4. The van der Waals surface area contributed by atoms with Crippen LogP contribution >= 0.6 is 11.3 Å². The molecule has 0 aliphatic rings. The molecular weight excluding hydrogens is 400 g/mol. The van der Waals surface area contributed by atoms with E-state index in [1.807, 2.05) is 12.1 Å². The Kier molecular flexibility index (Phi) is 6.02. The average Bonchev–Trinajstić information content (AvgIpc) is 3.17. The lowest BCUT2D eigenvalue weighted by atomic mass is 10.2. The molecule has 0 bridgehead atoms. The maximum atomic E-state index is 12.5. The molecule has 0 aliphatic carbocycles. The molecule has 1 amide bonds. The minimum absolute atomic E-state index is 0.128. The number of sulfonamides is 1. The number of amides is 1. The van der Waals surface area contributed by atoms with Crippen LogP contribution < -0.4 is 10.1 Å². The summed E-state index contributed by atoms with van der Waals surface area (Å²) in [7, 11) is -0.805. The lowest BCUT2D eigenvalue weighted by molar-refractivity contribution is -0.116. The molecule has 1 N–H and O–H groups in total. The zero-order valence-corrected chi connectivity index (χ0v) is 16.8. The van der Waals surface area contributed by atoms with Gasteiger partial charge in [0.15, 0.2) is 0 Å². The number of aromatic nitrogens is 2. The summed E-state index contributed by atoms with van der Waals surface area (Å²) in [6.07, 6.45) is 0. The number of likely N-dealkylation sites (N-methyl/N-ethyl adjacent to an activating group) is 1. The zero-order valence-electron chi connectivity index (χ0n) is 15.2. The summed E-state index contributed by atoms with van der Waals surface area (Å²) >= 11 is 1.20. The molecule has 0 spiro atoms. The Morgan fingerprint density at radius 2 is 1.79 bits per heavy atom. The van der Waals surface area contributed by atoms with E-state index in [1.165, 1.54) is 30.5 Å².